The molecule has 4 heterocycles. The number of halogens is 1. The minimum Gasteiger partial charge on any atom is -0.501 e. The highest BCUT2D eigenvalue weighted by Crippen LogP contribution is 2.32. The molecule has 1 aliphatic rings. The van der Waals surface area contributed by atoms with Crippen LogP contribution in [-0.2, 0) is 17.7 Å². The SMILES string of the molecule is CN(C)C(=O)c1cc(F)ccc1Cc1cnc(-c2nc3sc(CN4CCOCC4)cn3c(=O)c2O)s1. The standard InChI is InChI=1S/C24H24FN5O4S2/c1-28(2)22(32)18-10-15(25)4-3-14(18)9-16-11-26-21(35-16)19-20(31)23(33)30-13-17(36-24(30)27-19)12-29-5-7-34-8-6-29/h3-4,10-11,13,31H,5-9,12H2,1-2H3. The Bertz CT molecular complexity index is 1490. The summed E-state index contributed by atoms with van der Waals surface area (Å²) < 4.78 is 20.6. The number of fused-ring (bicyclic) bond motifs is 1. The van der Waals surface area contributed by atoms with Gasteiger partial charge in [-0.25, -0.2) is 14.4 Å². The number of rotatable bonds is 6. The second kappa shape index (κ2) is 10.1. The molecule has 1 N–H and O–H groups in total. The van der Waals surface area contributed by atoms with Crippen LogP contribution < -0.4 is 5.56 Å². The van der Waals surface area contributed by atoms with E-state index in [4.69, 9.17) is 4.74 Å². The molecule has 1 saturated heterocycles. The third-order valence-electron chi connectivity index (χ3n) is 5.87. The van der Waals surface area contributed by atoms with Crippen LogP contribution in [0.4, 0.5) is 4.39 Å². The van der Waals surface area contributed by atoms with Gasteiger partial charge in [0.25, 0.3) is 5.91 Å². The first kappa shape index (κ1) is 24.5. The second-order valence-electron chi connectivity index (χ2n) is 8.66. The van der Waals surface area contributed by atoms with Gasteiger partial charge in [0.2, 0.25) is 5.75 Å². The van der Waals surface area contributed by atoms with E-state index in [0.29, 0.717) is 41.7 Å². The molecule has 0 aliphatic carbocycles. The Morgan fingerprint density at radius 1 is 1.22 bits per heavy atom. The topological polar surface area (TPSA) is 100 Å². The Hall–Kier alpha value is -3.19. The van der Waals surface area contributed by atoms with E-state index >= 15 is 0 Å². The first-order valence-corrected chi connectivity index (χ1v) is 12.9. The van der Waals surface area contributed by atoms with Gasteiger partial charge in [0.05, 0.1) is 13.2 Å². The van der Waals surface area contributed by atoms with Crippen LogP contribution in [0.3, 0.4) is 0 Å². The zero-order valence-corrected chi connectivity index (χ0v) is 21.4. The normalized spacial score (nSPS) is 14.4. The van der Waals surface area contributed by atoms with Gasteiger partial charge in [0, 0.05) is 67.9 Å². The number of hydrogen-bond acceptors (Lipinski definition) is 9. The Labute approximate surface area is 214 Å². The van der Waals surface area contributed by atoms with Crippen molar-refractivity contribution in [3.05, 3.63) is 67.6 Å². The average Bonchev–Trinajstić information content (AvgIpc) is 3.49. The van der Waals surface area contributed by atoms with Gasteiger partial charge in [-0.15, -0.1) is 11.3 Å². The lowest BCUT2D eigenvalue weighted by Crippen LogP contribution is -2.35. The number of benzene rings is 1. The highest BCUT2D eigenvalue weighted by molar-refractivity contribution is 7.17. The van der Waals surface area contributed by atoms with Gasteiger partial charge in [-0.2, -0.15) is 0 Å². The van der Waals surface area contributed by atoms with E-state index in [-0.39, 0.29) is 17.2 Å². The van der Waals surface area contributed by atoms with Crippen molar-refractivity contribution in [2.45, 2.75) is 13.0 Å². The predicted octanol–water partition coefficient (Wildman–Crippen LogP) is 2.85. The van der Waals surface area contributed by atoms with E-state index in [1.807, 2.05) is 0 Å². The zero-order chi connectivity index (χ0) is 25.4. The number of nitrogens with zero attached hydrogens (tertiary/aromatic N) is 5. The Kier molecular flexibility index (Phi) is 6.84. The number of hydrogen-bond donors (Lipinski definition) is 1. The van der Waals surface area contributed by atoms with Crippen LogP contribution >= 0.6 is 22.7 Å². The zero-order valence-electron chi connectivity index (χ0n) is 19.7. The van der Waals surface area contributed by atoms with Crippen LogP contribution in [0, 0.1) is 5.82 Å². The molecular formula is C24H24FN5O4S2. The summed E-state index contributed by atoms with van der Waals surface area (Å²) >= 11 is 2.66. The summed E-state index contributed by atoms with van der Waals surface area (Å²) in [6.07, 6.45) is 3.69. The summed E-state index contributed by atoms with van der Waals surface area (Å²) in [5.74, 6) is -1.24. The number of carbonyl (C=O) groups is 1. The third-order valence-corrected chi connectivity index (χ3v) is 7.84. The Balaban J connectivity index is 1.43. The molecule has 3 aromatic heterocycles. The molecule has 0 saturated carbocycles. The molecule has 4 aromatic rings. The molecular weight excluding hydrogens is 505 g/mol. The molecule has 188 valence electrons. The van der Waals surface area contributed by atoms with Crippen molar-refractivity contribution in [2.24, 2.45) is 0 Å². The first-order chi connectivity index (χ1) is 17.3. The lowest BCUT2D eigenvalue weighted by molar-refractivity contribution is 0.0346. The van der Waals surface area contributed by atoms with Crippen LogP contribution in [-0.4, -0.2) is 75.6 Å². The maximum absolute atomic E-state index is 13.8. The Morgan fingerprint density at radius 2 is 2.00 bits per heavy atom. The molecule has 1 aliphatic heterocycles. The fourth-order valence-corrected chi connectivity index (χ4v) is 5.95. The molecule has 9 nitrogen and oxygen atoms in total. The van der Waals surface area contributed by atoms with Crippen molar-refractivity contribution in [3.8, 4) is 16.5 Å². The molecule has 0 bridgehead atoms. The fraction of sp³-hybridized carbons (Fsp3) is 0.333. The Morgan fingerprint density at radius 3 is 2.75 bits per heavy atom. The van der Waals surface area contributed by atoms with Crippen molar-refractivity contribution in [1.82, 2.24) is 24.2 Å². The fourth-order valence-electron chi connectivity index (χ4n) is 4.01. The van der Waals surface area contributed by atoms with Crippen molar-refractivity contribution in [3.63, 3.8) is 0 Å². The van der Waals surface area contributed by atoms with Gasteiger partial charge in [0.15, 0.2) is 4.96 Å². The highest BCUT2D eigenvalue weighted by Gasteiger charge is 2.21. The highest BCUT2D eigenvalue weighted by atomic mass is 32.1. The number of thiazole rings is 2. The minimum absolute atomic E-state index is 0.125. The molecule has 1 amide bonds. The number of morpholine rings is 1. The quantitative estimate of drug-likeness (QED) is 0.410. The van der Waals surface area contributed by atoms with E-state index in [9.17, 15) is 19.1 Å². The maximum atomic E-state index is 13.8. The van der Waals surface area contributed by atoms with Gasteiger partial charge in [-0.3, -0.25) is 18.9 Å². The van der Waals surface area contributed by atoms with Crippen molar-refractivity contribution < 1.29 is 19.0 Å². The lowest BCUT2D eigenvalue weighted by atomic mass is 10.0. The van der Waals surface area contributed by atoms with Gasteiger partial charge < -0.3 is 14.7 Å². The molecule has 0 atom stereocenters. The molecule has 5 rings (SSSR count). The third kappa shape index (κ3) is 4.89. The lowest BCUT2D eigenvalue weighted by Gasteiger charge is -2.25. The largest absolute Gasteiger partial charge is 0.501 e. The summed E-state index contributed by atoms with van der Waals surface area (Å²) in [6, 6.07) is 4.13. The average molecular weight is 530 g/mol. The molecule has 12 heteroatoms. The van der Waals surface area contributed by atoms with Crippen LogP contribution in [0.1, 0.15) is 25.7 Å². The minimum atomic E-state index is -0.548. The van der Waals surface area contributed by atoms with E-state index in [1.165, 1.54) is 44.1 Å². The summed E-state index contributed by atoms with van der Waals surface area (Å²) in [7, 11) is 3.23. The van der Waals surface area contributed by atoms with Crippen LogP contribution in [0.5, 0.6) is 5.75 Å². The molecule has 0 radical (unpaired) electrons. The number of aromatic hydroxyl groups is 1. The van der Waals surface area contributed by atoms with Crippen molar-refractivity contribution in [1.29, 1.82) is 0 Å². The van der Waals surface area contributed by atoms with Crippen molar-refractivity contribution in [2.75, 3.05) is 40.4 Å². The monoisotopic (exact) mass is 529 g/mol. The number of amides is 1. The molecule has 0 spiro atoms. The van der Waals surface area contributed by atoms with E-state index in [1.54, 1.807) is 32.6 Å². The number of aromatic nitrogens is 3. The van der Waals surface area contributed by atoms with Crippen molar-refractivity contribution >= 4 is 33.5 Å². The molecule has 36 heavy (non-hydrogen) atoms. The summed E-state index contributed by atoms with van der Waals surface area (Å²) in [6.45, 7) is 3.70. The number of carbonyl (C=O) groups excluding carboxylic acids is 1. The second-order valence-corrected chi connectivity index (χ2v) is 10.9. The maximum Gasteiger partial charge on any atom is 0.301 e. The van der Waals surface area contributed by atoms with Gasteiger partial charge in [-0.05, 0) is 17.7 Å². The summed E-state index contributed by atoms with van der Waals surface area (Å²) in [5, 5.41) is 11.0. The predicted molar refractivity (Wildman–Crippen MR) is 135 cm³/mol. The summed E-state index contributed by atoms with van der Waals surface area (Å²) in [5.41, 5.74) is 0.513. The smallest absolute Gasteiger partial charge is 0.301 e. The molecule has 1 fully saturated rings. The van der Waals surface area contributed by atoms with Gasteiger partial charge >= 0.3 is 5.56 Å². The van der Waals surface area contributed by atoms with Gasteiger partial charge in [0.1, 0.15) is 16.5 Å². The van der Waals surface area contributed by atoms with Crippen LogP contribution in [0.2, 0.25) is 0 Å². The molecule has 0 unspecified atom stereocenters. The molecule has 1 aromatic carbocycles. The number of ether oxygens (including phenoxy) is 1. The van der Waals surface area contributed by atoms with Crippen LogP contribution in [0.25, 0.3) is 15.7 Å². The van der Waals surface area contributed by atoms with E-state index < -0.39 is 17.1 Å². The first-order valence-electron chi connectivity index (χ1n) is 11.3. The van der Waals surface area contributed by atoms with E-state index in [2.05, 4.69) is 14.9 Å². The van der Waals surface area contributed by atoms with E-state index in [0.717, 1.165) is 22.8 Å². The summed E-state index contributed by atoms with van der Waals surface area (Å²) in [4.78, 5) is 40.2. The van der Waals surface area contributed by atoms with Gasteiger partial charge in [-0.1, -0.05) is 17.4 Å². The van der Waals surface area contributed by atoms with Crippen LogP contribution in [0.15, 0.2) is 35.4 Å².